The van der Waals surface area contributed by atoms with E-state index in [4.69, 9.17) is 9.84 Å². The van der Waals surface area contributed by atoms with Gasteiger partial charge in [-0.1, -0.05) is 18.2 Å². The maximum Gasteiger partial charge on any atom is 0.338 e. The highest BCUT2D eigenvalue weighted by molar-refractivity contribution is 5.89. The van der Waals surface area contributed by atoms with E-state index >= 15 is 0 Å². The molecule has 0 bridgehead atoms. The van der Waals surface area contributed by atoms with Crippen LogP contribution in [-0.4, -0.2) is 46.5 Å². The molecule has 0 radical (unpaired) electrons. The number of carbonyl (C=O) groups is 3. The summed E-state index contributed by atoms with van der Waals surface area (Å²) in [5.41, 5.74) is 0.403. The van der Waals surface area contributed by atoms with Gasteiger partial charge in [0, 0.05) is 13.3 Å². The molecule has 1 aliphatic heterocycles. The van der Waals surface area contributed by atoms with Gasteiger partial charge in [-0.25, -0.2) is 9.59 Å². The highest BCUT2D eigenvalue weighted by atomic mass is 16.5. The van der Waals surface area contributed by atoms with Crippen LogP contribution < -0.4 is 0 Å². The standard InChI is InChI=1S/C14H15NO5/c1-9(16)15-8-11(7-12(15)13(17)18)20-14(19)10-5-3-2-4-6-10/h2-6,11-12H,7-8H2,1H3,(H,17,18)/t11-,12+/m1/s1. The van der Waals surface area contributed by atoms with E-state index in [2.05, 4.69) is 0 Å². The molecule has 1 N–H and O–H groups in total. The summed E-state index contributed by atoms with van der Waals surface area (Å²) in [6, 6.07) is 7.52. The van der Waals surface area contributed by atoms with E-state index in [1.54, 1.807) is 30.3 Å². The number of carboxylic acid groups (broad SMARTS) is 1. The van der Waals surface area contributed by atoms with Crippen LogP contribution in [0.25, 0.3) is 0 Å². The molecule has 1 aliphatic rings. The summed E-state index contributed by atoms with van der Waals surface area (Å²) in [6.07, 6.45) is -0.472. The molecule has 1 fully saturated rings. The first-order valence-electron chi connectivity index (χ1n) is 6.25. The first-order chi connectivity index (χ1) is 9.49. The molecule has 1 saturated heterocycles. The molecule has 6 heteroatoms. The summed E-state index contributed by atoms with van der Waals surface area (Å²) >= 11 is 0. The van der Waals surface area contributed by atoms with Gasteiger partial charge in [-0.05, 0) is 12.1 Å². The lowest BCUT2D eigenvalue weighted by Gasteiger charge is -2.18. The van der Waals surface area contributed by atoms with Crippen molar-refractivity contribution in [3.05, 3.63) is 35.9 Å². The van der Waals surface area contributed by atoms with Crippen molar-refractivity contribution in [2.45, 2.75) is 25.5 Å². The largest absolute Gasteiger partial charge is 0.480 e. The molecule has 1 amide bonds. The number of carbonyl (C=O) groups excluding carboxylic acids is 2. The molecule has 1 heterocycles. The number of likely N-dealkylation sites (tertiary alicyclic amines) is 1. The van der Waals surface area contributed by atoms with Crippen molar-refractivity contribution in [1.82, 2.24) is 4.90 Å². The molecule has 0 spiro atoms. The minimum absolute atomic E-state index is 0.116. The molecule has 20 heavy (non-hydrogen) atoms. The van der Waals surface area contributed by atoms with Crippen molar-refractivity contribution < 1.29 is 24.2 Å². The van der Waals surface area contributed by atoms with Gasteiger partial charge in [-0.15, -0.1) is 0 Å². The molecule has 1 aromatic carbocycles. The predicted octanol–water partition coefficient (Wildman–Crippen LogP) is 0.917. The Morgan fingerprint density at radius 1 is 1.25 bits per heavy atom. The Morgan fingerprint density at radius 3 is 2.40 bits per heavy atom. The summed E-state index contributed by atoms with van der Waals surface area (Å²) in [4.78, 5) is 35.6. The zero-order valence-corrected chi connectivity index (χ0v) is 11.0. The van der Waals surface area contributed by atoms with E-state index in [-0.39, 0.29) is 18.9 Å². The Balaban J connectivity index is 2.03. The van der Waals surface area contributed by atoms with Crippen LogP contribution in [0.4, 0.5) is 0 Å². The normalized spacial score (nSPS) is 21.6. The summed E-state index contributed by atoms with van der Waals surface area (Å²) in [6.45, 7) is 1.42. The van der Waals surface area contributed by atoms with Crippen molar-refractivity contribution in [2.24, 2.45) is 0 Å². The lowest BCUT2D eigenvalue weighted by molar-refractivity contribution is -0.147. The van der Waals surface area contributed by atoms with Crippen LogP contribution >= 0.6 is 0 Å². The monoisotopic (exact) mass is 277 g/mol. The van der Waals surface area contributed by atoms with Crippen molar-refractivity contribution in [2.75, 3.05) is 6.54 Å². The molecule has 2 rings (SSSR count). The molecule has 2 atom stereocenters. The third-order valence-corrected chi connectivity index (χ3v) is 3.24. The zero-order valence-electron chi connectivity index (χ0n) is 11.0. The van der Waals surface area contributed by atoms with E-state index in [9.17, 15) is 14.4 Å². The molecule has 0 unspecified atom stereocenters. The maximum absolute atomic E-state index is 11.9. The van der Waals surface area contributed by atoms with E-state index in [0.29, 0.717) is 5.56 Å². The van der Waals surface area contributed by atoms with Crippen molar-refractivity contribution in [3.63, 3.8) is 0 Å². The Bertz CT molecular complexity index is 506. The van der Waals surface area contributed by atoms with Crippen molar-refractivity contribution in [1.29, 1.82) is 0 Å². The minimum Gasteiger partial charge on any atom is -0.480 e. The summed E-state index contributed by atoms with van der Waals surface area (Å²) in [5, 5.41) is 9.07. The van der Waals surface area contributed by atoms with Gasteiger partial charge < -0.3 is 14.7 Å². The van der Waals surface area contributed by atoms with Gasteiger partial charge in [0.25, 0.3) is 0 Å². The van der Waals surface area contributed by atoms with Crippen LogP contribution in [-0.2, 0) is 14.3 Å². The fraction of sp³-hybridized carbons (Fsp3) is 0.357. The predicted molar refractivity (Wildman–Crippen MR) is 69.1 cm³/mol. The maximum atomic E-state index is 11.9. The van der Waals surface area contributed by atoms with E-state index in [1.165, 1.54) is 11.8 Å². The molecular formula is C14H15NO5. The first-order valence-corrected chi connectivity index (χ1v) is 6.25. The number of esters is 1. The zero-order chi connectivity index (χ0) is 14.7. The average Bonchev–Trinajstić information content (AvgIpc) is 2.84. The minimum atomic E-state index is -1.08. The molecule has 0 aliphatic carbocycles. The second-order valence-electron chi connectivity index (χ2n) is 4.65. The Hall–Kier alpha value is -2.37. The van der Waals surface area contributed by atoms with E-state index < -0.39 is 24.1 Å². The number of nitrogens with zero attached hydrogens (tertiary/aromatic N) is 1. The number of ether oxygens (including phenoxy) is 1. The molecular weight excluding hydrogens is 262 g/mol. The van der Waals surface area contributed by atoms with Gasteiger partial charge in [-0.3, -0.25) is 4.79 Å². The number of aliphatic carboxylic acids is 1. The summed E-state index contributed by atoms with van der Waals surface area (Å²) in [5.74, 6) is -1.93. The number of amides is 1. The fourth-order valence-electron chi connectivity index (χ4n) is 2.26. The smallest absolute Gasteiger partial charge is 0.338 e. The quantitative estimate of drug-likeness (QED) is 0.830. The number of rotatable bonds is 3. The third kappa shape index (κ3) is 2.96. The number of carboxylic acids is 1. The molecule has 6 nitrogen and oxygen atoms in total. The van der Waals surface area contributed by atoms with Crippen molar-refractivity contribution >= 4 is 17.8 Å². The van der Waals surface area contributed by atoms with Gasteiger partial charge in [0.2, 0.25) is 5.91 Å². The lowest BCUT2D eigenvalue weighted by Crippen LogP contribution is -2.39. The van der Waals surface area contributed by atoms with Gasteiger partial charge in [0.05, 0.1) is 12.1 Å². The number of hydrogen-bond donors (Lipinski definition) is 1. The molecule has 0 aromatic heterocycles. The Morgan fingerprint density at radius 2 is 1.90 bits per heavy atom. The van der Waals surface area contributed by atoms with Crippen LogP contribution in [0.3, 0.4) is 0 Å². The van der Waals surface area contributed by atoms with Crippen LogP contribution in [0.1, 0.15) is 23.7 Å². The highest BCUT2D eigenvalue weighted by Crippen LogP contribution is 2.21. The third-order valence-electron chi connectivity index (χ3n) is 3.24. The summed E-state index contributed by atoms with van der Waals surface area (Å²) in [7, 11) is 0. The number of hydrogen-bond acceptors (Lipinski definition) is 4. The van der Waals surface area contributed by atoms with Gasteiger partial charge in [-0.2, -0.15) is 0 Å². The lowest BCUT2D eigenvalue weighted by atomic mass is 10.2. The Kier molecular flexibility index (Phi) is 4.02. The average molecular weight is 277 g/mol. The fourth-order valence-corrected chi connectivity index (χ4v) is 2.26. The van der Waals surface area contributed by atoms with Crippen LogP contribution in [0.15, 0.2) is 30.3 Å². The summed E-state index contributed by atoms with van der Waals surface area (Å²) < 4.78 is 5.26. The molecule has 1 aromatic rings. The van der Waals surface area contributed by atoms with E-state index in [1.807, 2.05) is 0 Å². The van der Waals surface area contributed by atoms with Crippen LogP contribution in [0, 0.1) is 0 Å². The van der Waals surface area contributed by atoms with Crippen LogP contribution in [0.2, 0.25) is 0 Å². The first kappa shape index (κ1) is 14.0. The second kappa shape index (κ2) is 5.73. The molecule has 0 saturated carbocycles. The van der Waals surface area contributed by atoms with Gasteiger partial charge in [0.1, 0.15) is 12.1 Å². The molecule has 106 valence electrons. The van der Waals surface area contributed by atoms with Crippen LogP contribution in [0.5, 0.6) is 0 Å². The topological polar surface area (TPSA) is 83.9 Å². The second-order valence-corrected chi connectivity index (χ2v) is 4.65. The van der Waals surface area contributed by atoms with E-state index in [0.717, 1.165) is 0 Å². The van der Waals surface area contributed by atoms with Gasteiger partial charge >= 0.3 is 11.9 Å². The van der Waals surface area contributed by atoms with Gasteiger partial charge in [0.15, 0.2) is 0 Å². The number of benzene rings is 1. The highest BCUT2D eigenvalue weighted by Gasteiger charge is 2.40. The SMILES string of the molecule is CC(=O)N1C[C@H](OC(=O)c2ccccc2)C[C@H]1C(=O)O. The van der Waals surface area contributed by atoms with Crippen molar-refractivity contribution in [3.8, 4) is 0 Å². The Labute approximate surface area is 115 Å².